The van der Waals surface area contributed by atoms with Gasteiger partial charge in [-0.2, -0.15) is 0 Å². The number of carboxylic acid groups (broad SMARTS) is 1. The van der Waals surface area contributed by atoms with Crippen LogP contribution >= 0.6 is 0 Å². The number of carbonyl (C=O) groups is 5. The van der Waals surface area contributed by atoms with Crippen LogP contribution in [0.5, 0.6) is 0 Å². The lowest BCUT2D eigenvalue weighted by atomic mass is 9.99. The molecule has 0 aliphatic rings. The molecule has 0 fully saturated rings. The van der Waals surface area contributed by atoms with Crippen LogP contribution in [0.25, 0.3) is 21.8 Å². The zero-order chi connectivity index (χ0) is 32.0. The molecule has 13 heteroatoms. The van der Waals surface area contributed by atoms with Crippen LogP contribution in [0.2, 0.25) is 0 Å². The molecule has 4 atom stereocenters. The lowest BCUT2D eigenvalue weighted by Gasteiger charge is -2.27. The summed E-state index contributed by atoms with van der Waals surface area (Å²) in [6.45, 7) is 3.41. The van der Waals surface area contributed by atoms with Gasteiger partial charge in [0.15, 0.2) is 0 Å². The molecule has 0 radical (unpaired) electrons. The number of rotatable bonds is 14. The predicted octanol–water partition coefficient (Wildman–Crippen LogP) is 0.832. The molecular weight excluding hydrogens is 566 g/mol. The first kappa shape index (κ1) is 31.8. The molecule has 0 bridgehead atoms. The van der Waals surface area contributed by atoms with Gasteiger partial charge in [-0.15, -0.1) is 0 Å². The summed E-state index contributed by atoms with van der Waals surface area (Å²) in [6, 6.07) is 9.97. The lowest BCUT2D eigenvalue weighted by Crippen LogP contribution is -2.59. The van der Waals surface area contributed by atoms with E-state index in [2.05, 4.69) is 25.9 Å². The molecule has 4 amide bonds. The van der Waals surface area contributed by atoms with E-state index < -0.39 is 66.1 Å². The first-order valence-electron chi connectivity index (χ1n) is 14.2. The number of aromatic nitrogens is 2. The van der Waals surface area contributed by atoms with E-state index in [1.807, 2.05) is 48.5 Å². The summed E-state index contributed by atoms with van der Waals surface area (Å²) < 4.78 is 0. The van der Waals surface area contributed by atoms with Crippen LogP contribution in [0.15, 0.2) is 60.9 Å². The van der Waals surface area contributed by atoms with E-state index in [1.54, 1.807) is 26.2 Å². The highest BCUT2D eigenvalue weighted by atomic mass is 16.4. The summed E-state index contributed by atoms with van der Waals surface area (Å²) in [6.07, 6.45) is 3.05. The summed E-state index contributed by atoms with van der Waals surface area (Å²) in [5, 5.41) is 19.4. The summed E-state index contributed by atoms with van der Waals surface area (Å²) in [5.41, 5.74) is 14.1. The van der Waals surface area contributed by atoms with Gasteiger partial charge in [0.1, 0.15) is 18.1 Å². The number of H-pyrrole nitrogens is 2. The molecule has 13 nitrogen and oxygen atoms in total. The van der Waals surface area contributed by atoms with Crippen LogP contribution in [0.3, 0.4) is 0 Å². The molecule has 2 heterocycles. The highest BCUT2D eigenvalue weighted by Gasteiger charge is 2.33. The fraction of sp³-hybridized carbons (Fsp3) is 0.323. The van der Waals surface area contributed by atoms with Crippen molar-refractivity contribution in [2.24, 2.45) is 17.4 Å². The number of nitrogens with one attached hydrogen (secondary N) is 5. The van der Waals surface area contributed by atoms with Crippen molar-refractivity contribution in [3.8, 4) is 0 Å². The maximum absolute atomic E-state index is 13.7. The number of aliphatic carboxylic acids is 1. The van der Waals surface area contributed by atoms with Crippen LogP contribution in [0, 0.1) is 5.92 Å². The van der Waals surface area contributed by atoms with Crippen molar-refractivity contribution < 1.29 is 29.1 Å². The zero-order valence-corrected chi connectivity index (χ0v) is 24.4. The van der Waals surface area contributed by atoms with Crippen LogP contribution in [-0.2, 0) is 36.8 Å². The Bertz CT molecular complexity index is 1680. The lowest BCUT2D eigenvalue weighted by molar-refractivity contribution is -0.142. The Labute approximate surface area is 253 Å². The van der Waals surface area contributed by atoms with Gasteiger partial charge in [0.2, 0.25) is 23.6 Å². The van der Waals surface area contributed by atoms with Gasteiger partial charge in [-0.05, 0) is 29.2 Å². The minimum atomic E-state index is -1.28. The molecule has 232 valence electrons. The molecule has 4 unspecified atom stereocenters. The van der Waals surface area contributed by atoms with Crippen LogP contribution < -0.4 is 27.4 Å². The minimum Gasteiger partial charge on any atom is -0.480 e. The van der Waals surface area contributed by atoms with Crippen molar-refractivity contribution in [2.45, 2.75) is 57.3 Å². The molecule has 4 aromatic rings. The number of hydrogen-bond acceptors (Lipinski definition) is 6. The standard InChI is InChI=1S/C31H37N7O6/c1-16(2)27(30(42)37-25(31(43)44)12-18-15-35-23-10-6-4-8-20(18)23)38-29(41)24(36-28(40)21(32)13-26(33)39)11-17-14-34-22-9-5-3-7-19(17)22/h3-10,14-16,21,24-25,27,34-35H,11-13,32H2,1-2H3,(H2,33,39)(H,36,40)(H,37,42)(H,38,41)(H,43,44). The Morgan fingerprint density at radius 2 is 1.25 bits per heavy atom. The third-order valence-corrected chi connectivity index (χ3v) is 7.45. The third kappa shape index (κ3) is 7.61. The number of carbonyl (C=O) groups excluding carboxylic acids is 4. The summed E-state index contributed by atoms with van der Waals surface area (Å²) in [4.78, 5) is 69.6. The predicted molar refractivity (Wildman–Crippen MR) is 164 cm³/mol. The van der Waals surface area contributed by atoms with Gasteiger partial charge < -0.3 is 42.5 Å². The van der Waals surface area contributed by atoms with Crippen molar-refractivity contribution >= 4 is 51.4 Å². The van der Waals surface area contributed by atoms with Crippen molar-refractivity contribution in [1.29, 1.82) is 0 Å². The van der Waals surface area contributed by atoms with E-state index in [0.717, 1.165) is 27.4 Å². The maximum Gasteiger partial charge on any atom is 0.326 e. The average Bonchev–Trinajstić information content (AvgIpc) is 3.58. The molecule has 0 aliphatic carbocycles. The van der Waals surface area contributed by atoms with E-state index >= 15 is 0 Å². The van der Waals surface area contributed by atoms with Crippen molar-refractivity contribution in [2.75, 3.05) is 0 Å². The SMILES string of the molecule is CC(C)C(NC(=O)C(Cc1c[nH]c2ccccc12)NC(=O)C(N)CC(N)=O)C(=O)NC(Cc1c[nH]c2ccccc12)C(=O)O. The second kappa shape index (κ2) is 13.9. The Hall–Kier alpha value is -5.17. The summed E-state index contributed by atoms with van der Waals surface area (Å²) in [7, 11) is 0. The Balaban J connectivity index is 1.53. The molecule has 0 saturated carbocycles. The second-order valence-electron chi connectivity index (χ2n) is 11.1. The van der Waals surface area contributed by atoms with Gasteiger partial charge >= 0.3 is 5.97 Å². The molecular formula is C31H37N7O6. The summed E-state index contributed by atoms with van der Waals surface area (Å²) in [5.74, 6) is -4.59. The zero-order valence-electron chi connectivity index (χ0n) is 24.4. The van der Waals surface area contributed by atoms with E-state index in [-0.39, 0.29) is 12.8 Å². The Kier molecular flexibility index (Phi) is 10.0. The summed E-state index contributed by atoms with van der Waals surface area (Å²) >= 11 is 0. The van der Waals surface area contributed by atoms with Gasteiger partial charge in [-0.1, -0.05) is 50.2 Å². The van der Waals surface area contributed by atoms with Crippen molar-refractivity contribution in [1.82, 2.24) is 25.9 Å². The molecule has 2 aromatic heterocycles. The maximum atomic E-state index is 13.7. The molecule has 44 heavy (non-hydrogen) atoms. The highest BCUT2D eigenvalue weighted by molar-refractivity contribution is 5.96. The van der Waals surface area contributed by atoms with Gasteiger partial charge in [-0.3, -0.25) is 19.2 Å². The highest BCUT2D eigenvalue weighted by Crippen LogP contribution is 2.21. The number of hydrogen-bond donors (Lipinski definition) is 8. The van der Waals surface area contributed by atoms with Crippen molar-refractivity contribution in [3.63, 3.8) is 0 Å². The molecule has 0 saturated heterocycles. The van der Waals surface area contributed by atoms with E-state index in [9.17, 15) is 29.1 Å². The minimum absolute atomic E-state index is 0.0147. The number of para-hydroxylation sites is 2. The van der Waals surface area contributed by atoms with Gasteiger partial charge in [0, 0.05) is 47.0 Å². The van der Waals surface area contributed by atoms with E-state index in [4.69, 9.17) is 11.5 Å². The fourth-order valence-corrected chi connectivity index (χ4v) is 5.09. The van der Waals surface area contributed by atoms with E-state index in [0.29, 0.717) is 5.56 Å². The smallest absolute Gasteiger partial charge is 0.326 e. The van der Waals surface area contributed by atoms with Crippen LogP contribution in [0.4, 0.5) is 0 Å². The number of fused-ring (bicyclic) bond motifs is 2. The Morgan fingerprint density at radius 3 is 1.75 bits per heavy atom. The number of nitrogens with two attached hydrogens (primary N) is 2. The van der Waals surface area contributed by atoms with Crippen molar-refractivity contribution in [3.05, 3.63) is 72.1 Å². The average molecular weight is 604 g/mol. The van der Waals surface area contributed by atoms with E-state index in [1.165, 1.54) is 0 Å². The number of carboxylic acids is 1. The molecule has 2 aromatic carbocycles. The second-order valence-corrected chi connectivity index (χ2v) is 11.1. The molecule has 10 N–H and O–H groups in total. The topological polar surface area (TPSA) is 225 Å². The monoisotopic (exact) mass is 603 g/mol. The molecule has 4 rings (SSSR count). The first-order chi connectivity index (χ1) is 20.9. The normalized spacial score (nSPS) is 14.1. The number of benzene rings is 2. The van der Waals surface area contributed by atoms with Crippen LogP contribution in [-0.4, -0.2) is 68.8 Å². The van der Waals surface area contributed by atoms with Gasteiger partial charge in [0.25, 0.3) is 0 Å². The third-order valence-electron chi connectivity index (χ3n) is 7.45. The largest absolute Gasteiger partial charge is 0.480 e. The number of amides is 4. The van der Waals surface area contributed by atoms with Gasteiger partial charge in [0.05, 0.1) is 12.5 Å². The first-order valence-corrected chi connectivity index (χ1v) is 14.2. The van der Waals surface area contributed by atoms with Gasteiger partial charge in [-0.25, -0.2) is 4.79 Å². The fourth-order valence-electron chi connectivity index (χ4n) is 5.09. The molecule has 0 spiro atoms. The number of primary amides is 1. The quantitative estimate of drug-likeness (QED) is 0.103. The number of aromatic amines is 2. The molecule has 0 aliphatic heterocycles. The Morgan fingerprint density at radius 1 is 0.750 bits per heavy atom. The van der Waals surface area contributed by atoms with Crippen LogP contribution in [0.1, 0.15) is 31.4 Å².